The zero-order valence-electron chi connectivity index (χ0n) is 23.4. The van der Waals surface area contributed by atoms with E-state index in [1.165, 1.54) is 19.2 Å². The Morgan fingerprint density at radius 3 is 2.37 bits per heavy atom. The van der Waals surface area contributed by atoms with Crippen molar-refractivity contribution in [2.24, 2.45) is 5.73 Å². The van der Waals surface area contributed by atoms with Crippen LogP contribution in [0, 0.1) is 0 Å². The van der Waals surface area contributed by atoms with Crippen LogP contribution in [0.25, 0.3) is 0 Å². The predicted molar refractivity (Wildman–Crippen MR) is 154 cm³/mol. The second-order valence-electron chi connectivity index (χ2n) is 9.31. The van der Waals surface area contributed by atoms with Crippen LogP contribution in [0.15, 0.2) is 61.2 Å². The molecule has 0 unspecified atom stereocenters. The van der Waals surface area contributed by atoms with Crippen molar-refractivity contribution in [3.8, 4) is 11.5 Å². The molecule has 41 heavy (non-hydrogen) atoms. The third kappa shape index (κ3) is 11.7. The number of amides is 3. The number of nitrogens with one attached hydrogen (secondary N) is 3. The van der Waals surface area contributed by atoms with Crippen molar-refractivity contribution in [1.82, 2.24) is 16.0 Å². The molecule has 0 aliphatic heterocycles. The Hall–Kier alpha value is -4.38. The highest BCUT2D eigenvalue weighted by Gasteiger charge is 2.28. The minimum absolute atomic E-state index is 0.0151. The maximum absolute atomic E-state index is 13.5. The van der Waals surface area contributed by atoms with Crippen molar-refractivity contribution in [1.29, 1.82) is 0 Å². The summed E-state index contributed by atoms with van der Waals surface area (Å²) in [6, 6.07) is 11.1. The van der Waals surface area contributed by atoms with Gasteiger partial charge in [0.15, 0.2) is 0 Å². The summed E-state index contributed by atoms with van der Waals surface area (Å²) in [6.07, 6.45) is 3.87. The number of rotatable bonds is 18. The molecule has 0 heterocycles. The summed E-state index contributed by atoms with van der Waals surface area (Å²) in [5, 5.41) is 18.4. The van der Waals surface area contributed by atoms with E-state index in [0.717, 1.165) is 5.56 Å². The zero-order valence-corrected chi connectivity index (χ0v) is 23.4. The number of hydrogen-bond acceptors (Lipinski definition) is 8. The zero-order chi connectivity index (χ0) is 30.0. The van der Waals surface area contributed by atoms with Gasteiger partial charge in [0.2, 0.25) is 11.8 Å². The average Bonchev–Trinajstić information content (AvgIpc) is 2.97. The number of unbranched alkanes of at least 4 members (excludes halogenated alkanes) is 1. The van der Waals surface area contributed by atoms with Gasteiger partial charge in [0.05, 0.1) is 12.7 Å². The Labute approximate surface area is 240 Å². The van der Waals surface area contributed by atoms with Gasteiger partial charge in [0, 0.05) is 19.4 Å². The van der Waals surface area contributed by atoms with Gasteiger partial charge in [-0.15, -0.1) is 0 Å². The van der Waals surface area contributed by atoms with Crippen LogP contribution in [0.5, 0.6) is 11.5 Å². The summed E-state index contributed by atoms with van der Waals surface area (Å²) in [6.45, 7) is 4.63. The summed E-state index contributed by atoms with van der Waals surface area (Å²) in [4.78, 5) is 50.9. The van der Waals surface area contributed by atoms with Crippen molar-refractivity contribution in [3.63, 3.8) is 0 Å². The number of ether oxygens (including phenoxy) is 2. The highest BCUT2D eigenvalue weighted by molar-refractivity contribution is 6.00. The van der Waals surface area contributed by atoms with Crippen LogP contribution >= 0.6 is 0 Å². The molecule has 0 saturated carbocycles. The third-order valence-corrected chi connectivity index (χ3v) is 6.17. The average molecular weight is 569 g/mol. The van der Waals surface area contributed by atoms with E-state index < -0.39 is 29.8 Å². The van der Waals surface area contributed by atoms with Crippen LogP contribution < -0.4 is 26.4 Å². The molecule has 2 aromatic rings. The number of esters is 1. The van der Waals surface area contributed by atoms with Crippen LogP contribution in [0.4, 0.5) is 0 Å². The quantitative estimate of drug-likeness (QED) is 0.103. The lowest BCUT2D eigenvalue weighted by Crippen LogP contribution is -2.54. The molecule has 6 N–H and O–H groups in total. The standard InChI is InChI=1S/C30H40N4O7/c1-3-19-41-22-15-13-21(14-16-22)20-25(34-28(37)23-9-4-5-11-26(23)35)30(39)33-24(10-6-7-17-31)29(38)32-18-8-12-27(36)40-2/h3-5,9,11,13-16,24-25,35H,1,6-8,10,12,17-20,31H2,2H3,(H,32,38)(H,33,39)(H,34,37)/t24-,25-/m0/s1. The number of phenols is 1. The van der Waals surface area contributed by atoms with Gasteiger partial charge in [-0.05, 0) is 62.1 Å². The fourth-order valence-corrected chi connectivity index (χ4v) is 3.93. The minimum atomic E-state index is -1.06. The van der Waals surface area contributed by atoms with E-state index in [1.807, 2.05) is 0 Å². The summed E-state index contributed by atoms with van der Waals surface area (Å²) in [5.74, 6) is -1.59. The molecule has 0 saturated heterocycles. The first-order chi connectivity index (χ1) is 19.8. The molecule has 0 bridgehead atoms. The highest BCUT2D eigenvalue weighted by Crippen LogP contribution is 2.17. The molecule has 222 valence electrons. The molecule has 2 aromatic carbocycles. The van der Waals surface area contributed by atoms with Gasteiger partial charge in [0.25, 0.3) is 5.91 Å². The smallest absolute Gasteiger partial charge is 0.305 e. The van der Waals surface area contributed by atoms with Gasteiger partial charge in [0.1, 0.15) is 30.2 Å². The van der Waals surface area contributed by atoms with E-state index in [9.17, 15) is 24.3 Å². The SMILES string of the molecule is C=CCOc1ccc(C[C@H](NC(=O)c2ccccc2O)C(=O)N[C@@H](CCCCN)C(=O)NCCCC(=O)OC)cc1. The summed E-state index contributed by atoms with van der Waals surface area (Å²) in [5.41, 5.74) is 6.36. The Kier molecular flexibility index (Phi) is 14.5. The lowest BCUT2D eigenvalue weighted by atomic mass is 10.0. The number of nitrogens with two attached hydrogens (primary N) is 1. The first kappa shape index (κ1) is 32.8. The van der Waals surface area contributed by atoms with E-state index in [1.54, 1.807) is 42.5 Å². The molecular formula is C30H40N4O7. The van der Waals surface area contributed by atoms with E-state index in [-0.39, 0.29) is 36.7 Å². The van der Waals surface area contributed by atoms with Crippen molar-refractivity contribution in [3.05, 3.63) is 72.3 Å². The third-order valence-electron chi connectivity index (χ3n) is 6.17. The molecule has 11 heteroatoms. The van der Waals surface area contributed by atoms with E-state index in [0.29, 0.717) is 44.6 Å². The second-order valence-corrected chi connectivity index (χ2v) is 9.31. The minimum Gasteiger partial charge on any atom is -0.507 e. The number of para-hydroxylation sites is 1. The monoisotopic (exact) mass is 568 g/mol. The Morgan fingerprint density at radius 2 is 1.71 bits per heavy atom. The molecular weight excluding hydrogens is 528 g/mol. The molecule has 11 nitrogen and oxygen atoms in total. The van der Waals surface area contributed by atoms with Crippen LogP contribution in [-0.2, 0) is 25.5 Å². The first-order valence-corrected chi connectivity index (χ1v) is 13.6. The number of carbonyl (C=O) groups is 4. The van der Waals surface area contributed by atoms with Crippen LogP contribution in [0.1, 0.15) is 48.0 Å². The van der Waals surface area contributed by atoms with Gasteiger partial charge in [-0.1, -0.05) is 36.9 Å². The lowest BCUT2D eigenvalue weighted by Gasteiger charge is -2.24. The van der Waals surface area contributed by atoms with Crippen molar-refractivity contribution in [2.75, 3.05) is 26.8 Å². The topological polar surface area (TPSA) is 169 Å². The molecule has 2 rings (SSSR count). The number of aromatic hydroxyl groups is 1. The highest BCUT2D eigenvalue weighted by atomic mass is 16.5. The molecule has 0 fully saturated rings. The summed E-state index contributed by atoms with van der Waals surface area (Å²) >= 11 is 0. The Morgan fingerprint density at radius 1 is 0.976 bits per heavy atom. The van der Waals surface area contributed by atoms with Crippen molar-refractivity contribution >= 4 is 23.7 Å². The maximum atomic E-state index is 13.5. The number of phenolic OH excluding ortho intramolecular Hbond substituents is 1. The van der Waals surface area contributed by atoms with Gasteiger partial charge in [-0.2, -0.15) is 0 Å². The van der Waals surface area contributed by atoms with Gasteiger partial charge >= 0.3 is 5.97 Å². The maximum Gasteiger partial charge on any atom is 0.305 e. The molecule has 0 aliphatic carbocycles. The molecule has 3 amide bonds. The molecule has 0 aromatic heterocycles. The first-order valence-electron chi connectivity index (χ1n) is 13.6. The molecule has 0 aliphatic rings. The van der Waals surface area contributed by atoms with Crippen LogP contribution in [0.3, 0.4) is 0 Å². The number of benzene rings is 2. The fraction of sp³-hybridized carbons (Fsp3) is 0.400. The van der Waals surface area contributed by atoms with Crippen LogP contribution in [-0.4, -0.2) is 67.7 Å². The lowest BCUT2D eigenvalue weighted by molar-refractivity contribution is -0.140. The molecule has 0 radical (unpaired) electrons. The van der Waals surface area contributed by atoms with Gasteiger partial charge in [-0.25, -0.2) is 0 Å². The summed E-state index contributed by atoms with van der Waals surface area (Å²) in [7, 11) is 1.29. The fourth-order valence-electron chi connectivity index (χ4n) is 3.93. The molecule has 2 atom stereocenters. The molecule has 0 spiro atoms. The number of methoxy groups -OCH3 is 1. The van der Waals surface area contributed by atoms with Crippen molar-refractivity contribution < 1.29 is 33.8 Å². The van der Waals surface area contributed by atoms with Crippen LogP contribution in [0.2, 0.25) is 0 Å². The van der Waals surface area contributed by atoms with E-state index >= 15 is 0 Å². The van der Waals surface area contributed by atoms with Gasteiger partial charge in [-0.3, -0.25) is 19.2 Å². The predicted octanol–water partition coefficient (Wildman–Crippen LogP) is 1.98. The second kappa shape index (κ2) is 18.1. The normalized spacial score (nSPS) is 12.0. The largest absolute Gasteiger partial charge is 0.507 e. The van der Waals surface area contributed by atoms with E-state index in [4.69, 9.17) is 10.5 Å². The van der Waals surface area contributed by atoms with Crippen molar-refractivity contribution in [2.45, 2.75) is 50.6 Å². The summed E-state index contributed by atoms with van der Waals surface area (Å²) < 4.78 is 10.1. The Bertz CT molecular complexity index is 1150. The van der Waals surface area contributed by atoms with Gasteiger partial charge < -0.3 is 36.3 Å². The Balaban J connectivity index is 2.20. The van der Waals surface area contributed by atoms with E-state index in [2.05, 4.69) is 27.3 Å². The number of hydrogen-bond donors (Lipinski definition) is 5. The number of carbonyl (C=O) groups excluding carboxylic acids is 4.